The predicted molar refractivity (Wildman–Crippen MR) is 59.3 cm³/mol. The third-order valence-corrected chi connectivity index (χ3v) is 3.10. The maximum absolute atomic E-state index is 11.1. The van der Waals surface area contributed by atoms with Crippen LogP contribution in [-0.2, 0) is 11.3 Å². The number of hydrogen-bond donors (Lipinski definition) is 2. The molecular weight excluding hydrogens is 206 g/mol. The van der Waals surface area contributed by atoms with Crippen molar-refractivity contribution in [1.82, 2.24) is 15.1 Å². The van der Waals surface area contributed by atoms with E-state index in [1.165, 1.54) is 0 Å². The average Bonchev–Trinajstić information content (AvgIpc) is 2.83. The number of aliphatic carboxylic acids is 1. The number of aryl methyl sites for hydroxylation is 1. The Morgan fingerprint density at radius 1 is 1.69 bits per heavy atom. The van der Waals surface area contributed by atoms with Gasteiger partial charge in [0.2, 0.25) is 0 Å². The van der Waals surface area contributed by atoms with Crippen molar-refractivity contribution in [3.63, 3.8) is 0 Å². The Morgan fingerprint density at radius 2 is 2.50 bits per heavy atom. The molecule has 2 N–H and O–H groups in total. The fourth-order valence-corrected chi connectivity index (χ4v) is 2.31. The standard InChI is InChI=1S/C11H17N3O2/c1-2-5-14-10(3-4-13-14)8-6-12-7-9(8)11(15)16/h3-4,8-9,12H,2,5-7H2,1H3,(H,15,16). The second-order valence-corrected chi connectivity index (χ2v) is 4.19. The van der Waals surface area contributed by atoms with Gasteiger partial charge in [-0.2, -0.15) is 5.10 Å². The summed E-state index contributed by atoms with van der Waals surface area (Å²) in [5.41, 5.74) is 1.04. The molecule has 5 nitrogen and oxygen atoms in total. The van der Waals surface area contributed by atoms with Crippen LogP contribution in [0.1, 0.15) is 25.0 Å². The molecule has 1 aromatic heterocycles. The first-order valence-electron chi connectivity index (χ1n) is 5.69. The van der Waals surface area contributed by atoms with Crippen molar-refractivity contribution >= 4 is 5.97 Å². The molecule has 1 aromatic rings. The molecule has 0 radical (unpaired) electrons. The second-order valence-electron chi connectivity index (χ2n) is 4.19. The Balaban J connectivity index is 2.22. The molecule has 0 spiro atoms. The van der Waals surface area contributed by atoms with Gasteiger partial charge in [-0.3, -0.25) is 9.48 Å². The molecule has 1 saturated heterocycles. The van der Waals surface area contributed by atoms with E-state index in [-0.39, 0.29) is 11.8 Å². The summed E-state index contributed by atoms with van der Waals surface area (Å²) >= 11 is 0. The smallest absolute Gasteiger partial charge is 0.308 e. The molecule has 2 rings (SSSR count). The third-order valence-electron chi connectivity index (χ3n) is 3.10. The first kappa shape index (κ1) is 11.1. The lowest BCUT2D eigenvalue weighted by molar-refractivity contribution is -0.141. The Labute approximate surface area is 94.5 Å². The minimum atomic E-state index is -0.723. The molecule has 2 atom stereocenters. The highest BCUT2D eigenvalue weighted by Crippen LogP contribution is 2.28. The molecule has 1 fully saturated rings. The van der Waals surface area contributed by atoms with Crippen molar-refractivity contribution in [2.75, 3.05) is 13.1 Å². The lowest BCUT2D eigenvalue weighted by atomic mass is 9.93. The zero-order chi connectivity index (χ0) is 11.5. The van der Waals surface area contributed by atoms with Crippen LogP contribution in [0.5, 0.6) is 0 Å². The summed E-state index contributed by atoms with van der Waals surface area (Å²) in [4.78, 5) is 11.1. The highest BCUT2D eigenvalue weighted by atomic mass is 16.4. The molecule has 2 unspecified atom stereocenters. The van der Waals surface area contributed by atoms with Gasteiger partial charge in [-0.05, 0) is 12.5 Å². The van der Waals surface area contributed by atoms with Crippen LogP contribution in [0.25, 0.3) is 0 Å². The molecule has 0 amide bonds. The van der Waals surface area contributed by atoms with Crippen molar-refractivity contribution in [3.05, 3.63) is 18.0 Å². The maximum atomic E-state index is 11.1. The van der Waals surface area contributed by atoms with Gasteiger partial charge in [0.15, 0.2) is 0 Å². The van der Waals surface area contributed by atoms with E-state index in [1.54, 1.807) is 6.20 Å². The summed E-state index contributed by atoms with van der Waals surface area (Å²) in [6.07, 6.45) is 2.76. The minimum Gasteiger partial charge on any atom is -0.481 e. The van der Waals surface area contributed by atoms with E-state index < -0.39 is 5.97 Å². The van der Waals surface area contributed by atoms with Crippen LogP contribution in [0.15, 0.2) is 12.3 Å². The lowest BCUT2D eigenvalue weighted by Crippen LogP contribution is -2.23. The van der Waals surface area contributed by atoms with Crippen LogP contribution in [0, 0.1) is 5.92 Å². The number of carboxylic acid groups (broad SMARTS) is 1. The third kappa shape index (κ3) is 1.95. The van der Waals surface area contributed by atoms with E-state index >= 15 is 0 Å². The van der Waals surface area contributed by atoms with E-state index in [1.807, 2.05) is 10.7 Å². The quantitative estimate of drug-likeness (QED) is 0.787. The minimum absolute atomic E-state index is 0.0477. The molecule has 0 aromatic carbocycles. The molecule has 0 aliphatic carbocycles. The van der Waals surface area contributed by atoms with Gasteiger partial charge >= 0.3 is 5.97 Å². The normalized spacial score (nSPS) is 24.8. The largest absolute Gasteiger partial charge is 0.481 e. The van der Waals surface area contributed by atoms with Crippen LogP contribution in [-0.4, -0.2) is 33.9 Å². The lowest BCUT2D eigenvalue weighted by Gasteiger charge is -2.16. The van der Waals surface area contributed by atoms with Gasteiger partial charge in [0.25, 0.3) is 0 Å². The number of hydrogen-bond acceptors (Lipinski definition) is 3. The summed E-state index contributed by atoms with van der Waals surface area (Å²) < 4.78 is 1.92. The van der Waals surface area contributed by atoms with E-state index in [4.69, 9.17) is 5.11 Å². The van der Waals surface area contributed by atoms with Crippen LogP contribution < -0.4 is 5.32 Å². The predicted octanol–water partition coefficient (Wildman–Crippen LogP) is 0.681. The zero-order valence-electron chi connectivity index (χ0n) is 9.39. The molecule has 0 saturated carbocycles. The van der Waals surface area contributed by atoms with E-state index in [0.717, 1.165) is 25.2 Å². The molecule has 88 valence electrons. The first-order chi connectivity index (χ1) is 7.74. The summed E-state index contributed by atoms with van der Waals surface area (Å²) in [5.74, 6) is -1.00. The molecule has 2 heterocycles. The van der Waals surface area contributed by atoms with Crippen LogP contribution in [0.4, 0.5) is 0 Å². The average molecular weight is 223 g/mol. The summed E-state index contributed by atoms with van der Waals surface area (Å²) in [6.45, 7) is 4.22. The fourth-order valence-electron chi connectivity index (χ4n) is 2.31. The van der Waals surface area contributed by atoms with Gasteiger partial charge < -0.3 is 10.4 Å². The number of carboxylic acids is 1. The van der Waals surface area contributed by atoms with E-state index in [2.05, 4.69) is 17.3 Å². The van der Waals surface area contributed by atoms with E-state index in [9.17, 15) is 4.79 Å². The number of nitrogens with zero attached hydrogens (tertiary/aromatic N) is 2. The molecule has 1 aliphatic heterocycles. The Hall–Kier alpha value is -1.36. The molecule has 1 aliphatic rings. The van der Waals surface area contributed by atoms with Crippen molar-refractivity contribution in [2.24, 2.45) is 5.92 Å². The van der Waals surface area contributed by atoms with Gasteiger partial charge in [0, 0.05) is 37.4 Å². The second kappa shape index (κ2) is 4.65. The SMILES string of the molecule is CCCn1nccc1C1CNCC1C(=O)O. The van der Waals surface area contributed by atoms with Gasteiger partial charge in [-0.15, -0.1) is 0 Å². The highest BCUT2D eigenvalue weighted by Gasteiger charge is 2.35. The highest BCUT2D eigenvalue weighted by molar-refractivity contribution is 5.72. The van der Waals surface area contributed by atoms with Crippen molar-refractivity contribution in [2.45, 2.75) is 25.8 Å². The Kier molecular flexibility index (Phi) is 3.24. The van der Waals surface area contributed by atoms with Crippen molar-refractivity contribution in [3.8, 4) is 0 Å². The summed E-state index contributed by atoms with van der Waals surface area (Å²) in [7, 11) is 0. The van der Waals surface area contributed by atoms with Crippen molar-refractivity contribution in [1.29, 1.82) is 0 Å². The number of rotatable bonds is 4. The first-order valence-corrected chi connectivity index (χ1v) is 5.69. The van der Waals surface area contributed by atoms with Crippen molar-refractivity contribution < 1.29 is 9.90 Å². The van der Waals surface area contributed by atoms with Crippen LogP contribution in [0.2, 0.25) is 0 Å². The molecule has 0 bridgehead atoms. The van der Waals surface area contributed by atoms with Gasteiger partial charge in [0.1, 0.15) is 0 Å². The number of aromatic nitrogens is 2. The zero-order valence-corrected chi connectivity index (χ0v) is 9.39. The van der Waals surface area contributed by atoms with Crippen LogP contribution >= 0.6 is 0 Å². The molecule has 5 heteroatoms. The van der Waals surface area contributed by atoms with Gasteiger partial charge in [-0.25, -0.2) is 0 Å². The number of carbonyl (C=O) groups is 1. The molecular formula is C11H17N3O2. The van der Waals surface area contributed by atoms with E-state index in [0.29, 0.717) is 6.54 Å². The topological polar surface area (TPSA) is 67.2 Å². The summed E-state index contributed by atoms with van der Waals surface area (Å²) in [6, 6.07) is 1.93. The van der Waals surface area contributed by atoms with Gasteiger partial charge in [0.05, 0.1) is 5.92 Å². The molecule has 16 heavy (non-hydrogen) atoms. The Morgan fingerprint density at radius 3 is 3.19 bits per heavy atom. The monoisotopic (exact) mass is 223 g/mol. The number of nitrogens with one attached hydrogen (secondary N) is 1. The van der Waals surface area contributed by atoms with Gasteiger partial charge in [-0.1, -0.05) is 6.92 Å². The van der Waals surface area contributed by atoms with Crippen LogP contribution in [0.3, 0.4) is 0 Å². The maximum Gasteiger partial charge on any atom is 0.308 e. The summed E-state index contributed by atoms with van der Waals surface area (Å²) in [5, 5.41) is 16.5. The fraction of sp³-hybridized carbons (Fsp3) is 0.636. The Bertz CT molecular complexity index is 375.